The fourth-order valence-electron chi connectivity index (χ4n) is 2.71. The quantitative estimate of drug-likeness (QED) is 0.559. The van der Waals surface area contributed by atoms with E-state index in [-0.39, 0.29) is 12.1 Å². The van der Waals surface area contributed by atoms with Gasteiger partial charge in [-0.3, -0.25) is 4.79 Å². The van der Waals surface area contributed by atoms with Crippen LogP contribution in [0.25, 0.3) is 0 Å². The molecule has 2 rings (SSSR count). The van der Waals surface area contributed by atoms with Crippen molar-refractivity contribution in [2.75, 3.05) is 0 Å². The molecule has 1 aromatic carbocycles. The van der Waals surface area contributed by atoms with Crippen molar-refractivity contribution in [2.45, 2.75) is 50.5 Å². The van der Waals surface area contributed by atoms with Gasteiger partial charge < -0.3 is 4.74 Å². The number of carbonyl (C=O) groups is 1. The van der Waals surface area contributed by atoms with E-state index in [1.54, 1.807) is 6.08 Å². The fraction of sp³-hybridized carbons (Fsp3) is 0.471. The van der Waals surface area contributed by atoms with Gasteiger partial charge in [0, 0.05) is 10.9 Å². The van der Waals surface area contributed by atoms with E-state index in [9.17, 15) is 4.79 Å². The number of esters is 1. The predicted molar refractivity (Wildman–Crippen MR) is 84.7 cm³/mol. The Balaban J connectivity index is 1.78. The van der Waals surface area contributed by atoms with Gasteiger partial charge in [-0.25, -0.2) is 0 Å². The topological polar surface area (TPSA) is 26.3 Å². The molecule has 0 aromatic heterocycles. The first-order valence-corrected chi connectivity index (χ1v) is 8.04. The lowest BCUT2D eigenvalue weighted by Gasteiger charge is -2.28. The number of allylic oxidation sites excluding steroid dienone is 1. The molecule has 1 saturated carbocycles. The molecule has 0 bridgehead atoms. The minimum atomic E-state index is -0.0861. The highest BCUT2D eigenvalue weighted by Gasteiger charge is 2.24. The lowest BCUT2D eigenvalue weighted by Crippen LogP contribution is -2.23. The van der Waals surface area contributed by atoms with Crippen LogP contribution in [-0.4, -0.2) is 12.1 Å². The van der Waals surface area contributed by atoms with Crippen molar-refractivity contribution in [3.8, 4) is 0 Å². The molecule has 1 aromatic rings. The molecular formula is C17H21BrO2. The van der Waals surface area contributed by atoms with Crippen LogP contribution < -0.4 is 0 Å². The Hall–Kier alpha value is -1.09. The molecule has 0 aliphatic heterocycles. The summed E-state index contributed by atoms with van der Waals surface area (Å²) >= 11 is 3.46. The number of carbonyl (C=O) groups excluding carboxylic acids is 1. The van der Waals surface area contributed by atoms with Crippen LogP contribution in [-0.2, 0) is 9.53 Å². The van der Waals surface area contributed by atoms with Crippen LogP contribution in [0.5, 0.6) is 0 Å². The van der Waals surface area contributed by atoms with Gasteiger partial charge in [0.25, 0.3) is 0 Å². The van der Waals surface area contributed by atoms with E-state index in [1.165, 1.54) is 5.56 Å². The SMILES string of the molecule is C=CCCC(=O)O[C@H]1CC[C@H](c2ccc(Br)cc2)CC1. The molecule has 3 heteroatoms. The summed E-state index contributed by atoms with van der Waals surface area (Å²) in [7, 11) is 0. The maximum absolute atomic E-state index is 11.6. The monoisotopic (exact) mass is 336 g/mol. The van der Waals surface area contributed by atoms with Gasteiger partial charge in [0.05, 0.1) is 0 Å². The number of rotatable bonds is 5. The van der Waals surface area contributed by atoms with Crippen LogP contribution in [0.2, 0.25) is 0 Å². The zero-order valence-corrected chi connectivity index (χ0v) is 13.3. The van der Waals surface area contributed by atoms with E-state index in [1.807, 2.05) is 0 Å². The zero-order chi connectivity index (χ0) is 14.4. The van der Waals surface area contributed by atoms with Gasteiger partial charge >= 0.3 is 5.97 Å². The van der Waals surface area contributed by atoms with Crippen molar-refractivity contribution in [1.29, 1.82) is 0 Å². The van der Waals surface area contributed by atoms with Gasteiger partial charge in [0.15, 0.2) is 0 Å². The minimum absolute atomic E-state index is 0.0861. The smallest absolute Gasteiger partial charge is 0.306 e. The molecular weight excluding hydrogens is 316 g/mol. The Kier molecular flexibility index (Phi) is 5.84. The molecule has 0 radical (unpaired) electrons. The molecule has 1 aliphatic rings. The summed E-state index contributed by atoms with van der Waals surface area (Å²) in [6.45, 7) is 3.62. The third-order valence-electron chi connectivity index (χ3n) is 3.87. The van der Waals surface area contributed by atoms with Gasteiger partial charge in [-0.05, 0) is 55.7 Å². The minimum Gasteiger partial charge on any atom is -0.462 e. The molecule has 0 heterocycles. The van der Waals surface area contributed by atoms with Gasteiger partial charge in [0.1, 0.15) is 6.10 Å². The van der Waals surface area contributed by atoms with Crippen LogP contribution in [0.1, 0.15) is 50.0 Å². The Labute approximate surface area is 129 Å². The van der Waals surface area contributed by atoms with Crippen molar-refractivity contribution in [2.24, 2.45) is 0 Å². The summed E-state index contributed by atoms with van der Waals surface area (Å²) in [5.41, 5.74) is 1.39. The average Bonchev–Trinajstić information content (AvgIpc) is 2.47. The van der Waals surface area contributed by atoms with Crippen LogP contribution in [0, 0.1) is 0 Å². The highest BCUT2D eigenvalue weighted by Crippen LogP contribution is 2.34. The first-order chi connectivity index (χ1) is 9.69. The molecule has 0 atom stereocenters. The summed E-state index contributed by atoms with van der Waals surface area (Å²) in [5, 5.41) is 0. The fourth-order valence-corrected chi connectivity index (χ4v) is 2.98. The normalized spacial score (nSPS) is 22.2. The van der Waals surface area contributed by atoms with Gasteiger partial charge in [-0.15, -0.1) is 6.58 Å². The molecule has 0 amide bonds. The van der Waals surface area contributed by atoms with Crippen LogP contribution in [0.3, 0.4) is 0 Å². The molecule has 108 valence electrons. The third-order valence-corrected chi connectivity index (χ3v) is 4.39. The molecule has 0 saturated heterocycles. The summed E-state index contributed by atoms with van der Waals surface area (Å²) in [6.07, 6.45) is 7.16. The van der Waals surface area contributed by atoms with Crippen LogP contribution >= 0.6 is 15.9 Å². The van der Waals surface area contributed by atoms with E-state index in [4.69, 9.17) is 4.74 Å². The van der Waals surface area contributed by atoms with Crippen LogP contribution in [0.15, 0.2) is 41.4 Å². The van der Waals surface area contributed by atoms with E-state index in [2.05, 4.69) is 46.8 Å². The molecule has 0 unspecified atom stereocenters. The average molecular weight is 337 g/mol. The molecule has 2 nitrogen and oxygen atoms in total. The van der Waals surface area contributed by atoms with Crippen molar-refractivity contribution >= 4 is 21.9 Å². The number of halogens is 1. The lowest BCUT2D eigenvalue weighted by atomic mass is 9.83. The lowest BCUT2D eigenvalue weighted by molar-refractivity contribution is -0.150. The standard InChI is InChI=1S/C17H21BrO2/c1-2-3-4-17(19)20-16-11-7-14(8-12-16)13-5-9-15(18)10-6-13/h2,5-6,9-10,14,16H,1,3-4,7-8,11-12H2/t14-,16-. The maximum atomic E-state index is 11.6. The summed E-state index contributed by atoms with van der Waals surface area (Å²) < 4.78 is 6.62. The number of hydrogen-bond acceptors (Lipinski definition) is 2. The van der Waals surface area contributed by atoms with Gasteiger partial charge in [-0.1, -0.05) is 34.1 Å². The number of benzene rings is 1. The van der Waals surface area contributed by atoms with E-state index < -0.39 is 0 Å². The molecule has 1 fully saturated rings. The highest BCUT2D eigenvalue weighted by atomic mass is 79.9. The third kappa shape index (κ3) is 4.48. The van der Waals surface area contributed by atoms with Gasteiger partial charge in [0.2, 0.25) is 0 Å². The van der Waals surface area contributed by atoms with E-state index in [0.717, 1.165) is 30.2 Å². The maximum Gasteiger partial charge on any atom is 0.306 e. The molecule has 0 spiro atoms. The second-order valence-corrected chi connectivity index (χ2v) is 6.26. The Morgan fingerprint density at radius 2 is 1.90 bits per heavy atom. The summed E-state index contributed by atoms with van der Waals surface area (Å²) in [6, 6.07) is 8.56. The zero-order valence-electron chi connectivity index (χ0n) is 11.7. The summed E-state index contributed by atoms with van der Waals surface area (Å²) in [4.78, 5) is 11.6. The Bertz CT molecular complexity index is 445. The second kappa shape index (κ2) is 7.63. The Morgan fingerprint density at radius 3 is 2.50 bits per heavy atom. The first-order valence-electron chi connectivity index (χ1n) is 7.25. The van der Waals surface area contributed by atoms with Crippen LogP contribution in [0.4, 0.5) is 0 Å². The first kappa shape index (κ1) is 15.3. The van der Waals surface area contributed by atoms with E-state index in [0.29, 0.717) is 18.8 Å². The summed E-state index contributed by atoms with van der Waals surface area (Å²) in [5.74, 6) is 0.517. The van der Waals surface area contributed by atoms with Crippen molar-refractivity contribution in [3.63, 3.8) is 0 Å². The van der Waals surface area contributed by atoms with E-state index >= 15 is 0 Å². The number of hydrogen-bond donors (Lipinski definition) is 0. The van der Waals surface area contributed by atoms with Gasteiger partial charge in [-0.2, -0.15) is 0 Å². The largest absolute Gasteiger partial charge is 0.462 e. The van der Waals surface area contributed by atoms with Crippen molar-refractivity contribution < 1.29 is 9.53 Å². The molecule has 20 heavy (non-hydrogen) atoms. The highest BCUT2D eigenvalue weighted by molar-refractivity contribution is 9.10. The molecule has 1 aliphatic carbocycles. The Morgan fingerprint density at radius 1 is 1.25 bits per heavy atom. The predicted octanol–water partition coefficient (Wildman–Crippen LogP) is 4.98. The molecule has 0 N–H and O–H groups in total. The van der Waals surface area contributed by atoms with Crippen molar-refractivity contribution in [3.05, 3.63) is 47.0 Å². The second-order valence-electron chi connectivity index (χ2n) is 5.34. The van der Waals surface area contributed by atoms with Crippen molar-refractivity contribution in [1.82, 2.24) is 0 Å². The number of ether oxygens (including phenoxy) is 1.